The van der Waals surface area contributed by atoms with E-state index < -0.39 is 5.91 Å². The summed E-state index contributed by atoms with van der Waals surface area (Å²) in [4.78, 5) is 42.2. The summed E-state index contributed by atoms with van der Waals surface area (Å²) >= 11 is 1.42. The van der Waals surface area contributed by atoms with Crippen LogP contribution in [0.2, 0.25) is 0 Å². The van der Waals surface area contributed by atoms with Gasteiger partial charge >= 0.3 is 0 Å². The number of para-hydroxylation sites is 2. The summed E-state index contributed by atoms with van der Waals surface area (Å²) < 4.78 is 0. The zero-order valence-corrected chi connectivity index (χ0v) is 25.0. The molecule has 7 heteroatoms. The number of aryl methyl sites for hydroxylation is 1. The van der Waals surface area contributed by atoms with Gasteiger partial charge in [0, 0.05) is 27.5 Å². The summed E-state index contributed by atoms with van der Waals surface area (Å²) in [6, 6.07) is 42.8. The van der Waals surface area contributed by atoms with E-state index in [0.717, 1.165) is 27.4 Å². The molecule has 44 heavy (non-hydrogen) atoms. The standard InChI is InChI=1S/C37H31N3O3S/c1-27-12-11-13-28(24-27)25-34(39-36(42)29-14-5-2-6-15-29)37(43)38-30-20-22-33(23-21-30)44-26-35(41)40(31-16-7-3-8-17-31)32-18-9-4-10-19-32/h2-25H,26H2,1H3,(H,38,43)(H,39,42)/b34-25-. The first kappa shape index (κ1) is 30.1. The highest BCUT2D eigenvalue weighted by Crippen LogP contribution is 2.28. The molecular formula is C37H31N3O3S. The van der Waals surface area contributed by atoms with Gasteiger partial charge in [0.05, 0.1) is 5.75 Å². The Balaban J connectivity index is 1.27. The van der Waals surface area contributed by atoms with Crippen LogP contribution in [0.4, 0.5) is 17.1 Å². The van der Waals surface area contributed by atoms with Crippen LogP contribution in [0, 0.1) is 6.92 Å². The molecule has 5 aromatic rings. The maximum absolute atomic E-state index is 13.4. The summed E-state index contributed by atoms with van der Waals surface area (Å²) in [7, 11) is 0. The number of rotatable bonds is 10. The molecular weight excluding hydrogens is 566 g/mol. The van der Waals surface area contributed by atoms with E-state index in [1.807, 2.05) is 110 Å². The maximum Gasteiger partial charge on any atom is 0.272 e. The second kappa shape index (κ2) is 14.7. The molecule has 0 aliphatic carbocycles. The minimum atomic E-state index is -0.451. The Hall–Kier alpha value is -5.40. The van der Waals surface area contributed by atoms with Gasteiger partial charge in [0.25, 0.3) is 11.8 Å². The minimum absolute atomic E-state index is 0.0511. The van der Waals surface area contributed by atoms with Crippen molar-refractivity contribution in [2.24, 2.45) is 0 Å². The monoisotopic (exact) mass is 597 g/mol. The fourth-order valence-electron chi connectivity index (χ4n) is 4.50. The highest BCUT2D eigenvalue weighted by atomic mass is 32.2. The van der Waals surface area contributed by atoms with Gasteiger partial charge in [-0.3, -0.25) is 19.3 Å². The van der Waals surface area contributed by atoms with E-state index in [-0.39, 0.29) is 23.3 Å². The predicted molar refractivity (Wildman–Crippen MR) is 179 cm³/mol. The summed E-state index contributed by atoms with van der Waals surface area (Å²) in [6.45, 7) is 1.97. The molecule has 3 amide bonds. The largest absolute Gasteiger partial charge is 0.321 e. The van der Waals surface area contributed by atoms with Crippen LogP contribution in [0.5, 0.6) is 0 Å². The van der Waals surface area contributed by atoms with Crippen LogP contribution in [0.25, 0.3) is 6.08 Å². The summed E-state index contributed by atoms with van der Waals surface area (Å²) in [5, 5.41) is 5.65. The van der Waals surface area contributed by atoms with Gasteiger partial charge in [-0.2, -0.15) is 0 Å². The van der Waals surface area contributed by atoms with Gasteiger partial charge in [0.1, 0.15) is 5.70 Å². The topological polar surface area (TPSA) is 78.5 Å². The number of hydrogen-bond acceptors (Lipinski definition) is 4. The first-order valence-electron chi connectivity index (χ1n) is 14.1. The molecule has 0 aliphatic rings. The van der Waals surface area contributed by atoms with Crippen LogP contribution in [0.3, 0.4) is 0 Å². The molecule has 0 aliphatic heterocycles. The van der Waals surface area contributed by atoms with Crippen molar-refractivity contribution in [3.05, 3.63) is 162 Å². The summed E-state index contributed by atoms with van der Waals surface area (Å²) in [5.74, 6) is -0.654. The molecule has 0 spiro atoms. The Morgan fingerprint density at radius 3 is 1.89 bits per heavy atom. The maximum atomic E-state index is 13.4. The lowest BCUT2D eigenvalue weighted by Crippen LogP contribution is -2.30. The Morgan fingerprint density at radius 1 is 0.705 bits per heavy atom. The molecule has 0 unspecified atom stereocenters. The van der Waals surface area contributed by atoms with Crippen LogP contribution >= 0.6 is 11.8 Å². The Labute approximate surface area is 261 Å². The molecule has 0 heterocycles. The molecule has 6 nitrogen and oxygen atoms in total. The zero-order valence-electron chi connectivity index (χ0n) is 24.1. The number of thioether (sulfide) groups is 1. The number of hydrogen-bond donors (Lipinski definition) is 2. The molecule has 0 aromatic heterocycles. The van der Waals surface area contributed by atoms with Crippen LogP contribution in [-0.2, 0) is 9.59 Å². The number of carbonyl (C=O) groups excluding carboxylic acids is 3. The fourth-order valence-corrected chi connectivity index (χ4v) is 5.25. The van der Waals surface area contributed by atoms with Gasteiger partial charge in [-0.25, -0.2) is 0 Å². The van der Waals surface area contributed by atoms with E-state index in [1.54, 1.807) is 47.4 Å². The van der Waals surface area contributed by atoms with Crippen LogP contribution < -0.4 is 15.5 Å². The molecule has 0 saturated carbocycles. The summed E-state index contributed by atoms with van der Waals surface area (Å²) in [5.41, 5.74) is 4.56. The van der Waals surface area contributed by atoms with E-state index in [0.29, 0.717) is 11.3 Å². The highest BCUT2D eigenvalue weighted by Gasteiger charge is 2.18. The highest BCUT2D eigenvalue weighted by molar-refractivity contribution is 8.00. The van der Waals surface area contributed by atoms with Gasteiger partial charge in [0.15, 0.2) is 0 Å². The fraction of sp³-hybridized carbons (Fsp3) is 0.0541. The van der Waals surface area contributed by atoms with Crippen LogP contribution in [0.1, 0.15) is 21.5 Å². The van der Waals surface area contributed by atoms with E-state index in [9.17, 15) is 14.4 Å². The van der Waals surface area contributed by atoms with Gasteiger partial charge in [-0.05, 0) is 79.2 Å². The number of amides is 3. The SMILES string of the molecule is Cc1cccc(/C=C(\NC(=O)c2ccccc2)C(=O)Nc2ccc(SCC(=O)N(c3ccccc3)c3ccccc3)cc2)c1. The van der Waals surface area contributed by atoms with Crippen LogP contribution in [0.15, 0.2) is 150 Å². The second-order valence-corrected chi connectivity index (χ2v) is 11.0. The molecule has 0 atom stereocenters. The molecule has 0 bridgehead atoms. The molecule has 5 rings (SSSR count). The normalized spacial score (nSPS) is 11.0. The molecule has 0 saturated heterocycles. The lowest BCUT2D eigenvalue weighted by Gasteiger charge is -2.23. The van der Waals surface area contributed by atoms with Crippen molar-refractivity contribution in [3.63, 3.8) is 0 Å². The number of nitrogens with zero attached hydrogens (tertiary/aromatic N) is 1. The Kier molecular flexibility index (Phi) is 10.0. The predicted octanol–water partition coefficient (Wildman–Crippen LogP) is 7.86. The third kappa shape index (κ3) is 8.12. The number of nitrogens with one attached hydrogen (secondary N) is 2. The lowest BCUT2D eigenvalue weighted by atomic mass is 10.1. The van der Waals surface area contributed by atoms with Crippen molar-refractivity contribution >= 4 is 52.6 Å². The van der Waals surface area contributed by atoms with Crippen molar-refractivity contribution in [2.45, 2.75) is 11.8 Å². The number of carbonyl (C=O) groups is 3. The van der Waals surface area contributed by atoms with Crippen molar-refractivity contribution in [2.75, 3.05) is 16.0 Å². The smallest absolute Gasteiger partial charge is 0.272 e. The number of anilines is 3. The Bertz CT molecular complexity index is 1720. The average molecular weight is 598 g/mol. The Morgan fingerprint density at radius 2 is 1.30 bits per heavy atom. The van der Waals surface area contributed by atoms with E-state index >= 15 is 0 Å². The first-order chi connectivity index (χ1) is 21.5. The third-order valence-corrected chi connectivity index (χ3v) is 7.63. The van der Waals surface area contributed by atoms with Gasteiger partial charge in [0.2, 0.25) is 5.91 Å². The minimum Gasteiger partial charge on any atom is -0.321 e. The van der Waals surface area contributed by atoms with Gasteiger partial charge in [-0.1, -0.05) is 84.4 Å². The van der Waals surface area contributed by atoms with Crippen molar-refractivity contribution < 1.29 is 14.4 Å². The summed E-state index contributed by atoms with van der Waals surface area (Å²) in [6.07, 6.45) is 1.66. The van der Waals surface area contributed by atoms with E-state index in [4.69, 9.17) is 0 Å². The van der Waals surface area contributed by atoms with Crippen LogP contribution in [-0.4, -0.2) is 23.5 Å². The second-order valence-electron chi connectivity index (χ2n) is 9.96. The van der Waals surface area contributed by atoms with E-state index in [2.05, 4.69) is 10.6 Å². The van der Waals surface area contributed by atoms with Gasteiger partial charge < -0.3 is 10.6 Å². The molecule has 5 aromatic carbocycles. The molecule has 2 N–H and O–H groups in total. The third-order valence-electron chi connectivity index (χ3n) is 6.63. The quantitative estimate of drug-likeness (QED) is 0.127. The van der Waals surface area contributed by atoms with E-state index in [1.165, 1.54) is 11.8 Å². The lowest BCUT2D eigenvalue weighted by molar-refractivity contribution is -0.115. The molecule has 0 radical (unpaired) electrons. The first-order valence-corrected chi connectivity index (χ1v) is 15.1. The van der Waals surface area contributed by atoms with Crippen molar-refractivity contribution in [3.8, 4) is 0 Å². The number of benzene rings is 5. The molecule has 0 fully saturated rings. The van der Waals surface area contributed by atoms with Crippen molar-refractivity contribution in [1.82, 2.24) is 5.32 Å². The van der Waals surface area contributed by atoms with Crippen molar-refractivity contribution in [1.29, 1.82) is 0 Å². The molecule has 218 valence electrons. The van der Waals surface area contributed by atoms with Gasteiger partial charge in [-0.15, -0.1) is 11.8 Å². The zero-order chi connectivity index (χ0) is 30.7. The average Bonchev–Trinajstić information content (AvgIpc) is 3.05.